The van der Waals surface area contributed by atoms with E-state index in [9.17, 15) is 4.79 Å². The lowest BCUT2D eigenvalue weighted by Crippen LogP contribution is -2.15. The Hall–Kier alpha value is -2.81. The summed E-state index contributed by atoms with van der Waals surface area (Å²) in [6.45, 7) is 3.84. The minimum absolute atomic E-state index is 0.116. The molecule has 0 unspecified atom stereocenters. The van der Waals surface area contributed by atoms with Crippen LogP contribution in [0.4, 0.5) is 5.69 Å². The van der Waals surface area contributed by atoms with Gasteiger partial charge in [-0.15, -0.1) is 16.4 Å². The molecule has 1 N–H and O–H groups in total. The summed E-state index contributed by atoms with van der Waals surface area (Å²) in [6, 6.07) is 5.32. The van der Waals surface area contributed by atoms with Gasteiger partial charge in [-0.25, -0.2) is 9.67 Å². The van der Waals surface area contributed by atoms with Crippen LogP contribution in [0.3, 0.4) is 0 Å². The van der Waals surface area contributed by atoms with Crippen molar-refractivity contribution in [1.82, 2.24) is 25.2 Å². The molecular formula is C15H16N6O2S. The van der Waals surface area contributed by atoms with Crippen molar-refractivity contribution in [2.75, 3.05) is 12.4 Å². The van der Waals surface area contributed by atoms with Crippen molar-refractivity contribution < 1.29 is 9.53 Å². The van der Waals surface area contributed by atoms with E-state index in [1.807, 2.05) is 13.8 Å². The van der Waals surface area contributed by atoms with Crippen molar-refractivity contribution in [1.29, 1.82) is 0 Å². The van der Waals surface area contributed by atoms with Gasteiger partial charge in [-0.3, -0.25) is 4.79 Å². The van der Waals surface area contributed by atoms with Gasteiger partial charge in [-0.2, -0.15) is 0 Å². The number of ether oxygens (including phenoxy) is 1. The van der Waals surface area contributed by atoms with Gasteiger partial charge in [-0.05, 0) is 36.4 Å². The van der Waals surface area contributed by atoms with E-state index >= 15 is 0 Å². The van der Waals surface area contributed by atoms with Crippen molar-refractivity contribution in [2.24, 2.45) is 0 Å². The number of aryl methyl sites for hydroxylation is 2. The summed E-state index contributed by atoms with van der Waals surface area (Å²) in [5.41, 5.74) is 2.23. The van der Waals surface area contributed by atoms with Gasteiger partial charge in [0.25, 0.3) is 0 Å². The molecule has 0 saturated heterocycles. The van der Waals surface area contributed by atoms with Crippen LogP contribution in [0.15, 0.2) is 24.5 Å². The van der Waals surface area contributed by atoms with Crippen LogP contribution in [0, 0.1) is 13.8 Å². The number of rotatable bonds is 5. The van der Waals surface area contributed by atoms with Crippen LogP contribution in [0.5, 0.6) is 5.75 Å². The molecule has 9 heteroatoms. The molecule has 24 heavy (non-hydrogen) atoms. The number of carbonyl (C=O) groups excluding carboxylic acids is 1. The third kappa shape index (κ3) is 3.40. The molecule has 0 bridgehead atoms. The van der Waals surface area contributed by atoms with Crippen molar-refractivity contribution >= 4 is 22.9 Å². The Morgan fingerprint density at radius 3 is 2.83 bits per heavy atom. The topological polar surface area (TPSA) is 94.8 Å². The number of nitrogens with one attached hydrogen (secondary N) is 1. The first-order valence-electron chi connectivity index (χ1n) is 7.21. The van der Waals surface area contributed by atoms with Crippen LogP contribution in [0.25, 0.3) is 5.69 Å². The Labute approximate surface area is 142 Å². The van der Waals surface area contributed by atoms with Gasteiger partial charge in [0.05, 0.1) is 35.6 Å². The zero-order valence-electron chi connectivity index (χ0n) is 13.5. The maximum Gasteiger partial charge on any atom is 0.229 e. The van der Waals surface area contributed by atoms with E-state index < -0.39 is 0 Å². The minimum Gasteiger partial charge on any atom is -0.494 e. The lowest BCUT2D eigenvalue weighted by Gasteiger charge is -2.11. The predicted molar refractivity (Wildman–Crippen MR) is 89.6 cm³/mol. The van der Waals surface area contributed by atoms with E-state index in [2.05, 4.69) is 25.8 Å². The molecule has 0 aliphatic heterocycles. The van der Waals surface area contributed by atoms with Crippen LogP contribution in [0.1, 0.15) is 15.6 Å². The van der Waals surface area contributed by atoms with E-state index in [1.165, 1.54) is 22.3 Å². The van der Waals surface area contributed by atoms with E-state index in [1.54, 1.807) is 25.3 Å². The van der Waals surface area contributed by atoms with Gasteiger partial charge in [0, 0.05) is 10.9 Å². The maximum absolute atomic E-state index is 12.3. The molecule has 2 heterocycles. The number of carbonyl (C=O) groups is 1. The number of hydrogen-bond acceptors (Lipinski definition) is 7. The number of benzene rings is 1. The monoisotopic (exact) mass is 344 g/mol. The average molecular weight is 344 g/mol. The fourth-order valence-corrected chi connectivity index (χ4v) is 3.22. The fourth-order valence-electron chi connectivity index (χ4n) is 2.28. The quantitative estimate of drug-likeness (QED) is 0.760. The second-order valence-corrected chi connectivity index (χ2v) is 6.39. The van der Waals surface area contributed by atoms with E-state index in [4.69, 9.17) is 4.74 Å². The summed E-state index contributed by atoms with van der Waals surface area (Å²) >= 11 is 1.54. The normalized spacial score (nSPS) is 10.6. The molecule has 0 spiro atoms. The SMILES string of the molecule is COc1cc(-n2cnnn2)ccc1NC(=O)Cc1sc(C)nc1C. The van der Waals surface area contributed by atoms with Crippen molar-refractivity contribution in [2.45, 2.75) is 20.3 Å². The number of hydrogen-bond donors (Lipinski definition) is 1. The maximum atomic E-state index is 12.3. The lowest BCUT2D eigenvalue weighted by atomic mass is 10.2. The first-order valence-corrected chi connectivity index (χ1v) is 8.02. The lowest BCUT2D eigenvalue weighted by molar-refractivity contribution is -0.115. The summed E-state index contributed by atoms with van der Waals surface area (Å²) in [7, 11) is 1.55. The highest BCUT2D eigenvalue weighted by Gasteiger charge is 2.13. The summed E-state index contributed by atoms with van der Waals surface area (Å²) in [5, 5.41) is 14.9. The molecule has 0 fully saturated rings. The number of aromatic nitrogens is 5. The highest BCUT2D eigenvalue weighted by Crippen LogP contribution is 2.27. The summed E-state index contributed by atoms with van der Waals surface area (Å²) in [5.74, 6) is 0.420. The Morgan fingerprint density at radius 1 is 1.38 bits per heavy atom. The molecule has 0 saturated carbocycles. The molecule has 0 aliphatic rings. The summed E-state index contributed by atoms with van der Waals surface area (Å²) in [4.78, 5) is 17.6. The van der Waals surface area contributed by atoms with Crippen LogP contribution in [-0.2, 0) is 11.2 Å². The summed E-state index contributed by atoms with van der Waals surface area (Å²) < 4.78 is 6.87. The van der Waals surface area contributed by atoms with Crippen LogP contribution in [-0.4, -0.2) is 38.2 Å². The first kappa shape index (κ1) is 16.1. The number of nitrogens with zero attached hydrogens (tertiary/aromatic N) is 5. The number of amides is 1. The Morgan fingerprint density at radius 2 is 2.21 bits per heavy atom. The Balaban J connectivity index is 1.77. The Bertz CT molecular complexity index is 859. The van der Waals surface area contributed by atoms with Crippen LogP contribution in [0.2, 0.25) is 0 Å². The van der Waals surface area contributed by atoms with Gasteiger partial charge >= 0.3 is 0 Å². The number of methoxy groups -OCH3 is 1. The van der Waals surface area contributed by atoms with Gasteiger partial charge < -0.3 is 10.1 Å². The van der Waals surface area contributed by atoms with Crippen molar-refractivity contribution in [3.8, 4) is 11.4 Å². The van der Waals surface area contributed by atoms with Crippen molar-refractivity contribution in [3.63, 3.8) is 0 Å². The molecule has 3 aromatic rings. The smallest absolute Gasteiger partial charge is 0.229 e. The van der Waals surface area contributed by atoms with Gasteiger partial charge in [-0.1, -0.05) is 0 Å². The number of thiazole rings is 1. The number of anilines is 1. The standard InChI is InChI=1S/C15H16N6O2S/c1-9-14(24-10(2)17-9)7-15(22)18-12-5-4-11(6-13(12)23-3)21-8-16-19-20-21/h4-6,8H,7H2,1-3H3,(H,18,22). The van der Waals surface area contributed by atoms with E-state index in [-0.39, 0.29) is 12.3 Å². The van der Waals surface area contributed by atoms with Gasteiger partial charge in [0.1, 0.15) is 12.1 Å². The molecule has 0 atom stereocenters. The molecule has 1 aromatic carbocycles. The minimum atomic E-state index is -0.116. The first-order chi connectivity index (χ1) is 11.6. The van der Waals surface area contributed by atoms with Gasteiger partial charge in [0.2, 0.25) is 5.91 Å². The molecule has 2 aromatic heterocycles. The van der Waals surface area contributed by atoms with Crippen molar-refractivity contribution in [3.05, 3.63) is 40.1 Å². The average Bonchev–Trinajstić information content (AvgIpc) is 3.18. The third-order valence-corrected chi connectivity index (χ3v) is 4.47. The summed E-state index contributed by atoms with van der Waals surface area (Å²) in [6.07, 6.45) is 1.77. The van der Waals surface area contributed by atoms with Crippen LogP contribution >= 0.6 is 11.3 Å². The van der Waals surface area contributed by atoms with Crippen LogP contribution < -0.4 is 10.1 Å². The largest absolute Gasteiger partial charge is 0.494 e. The zero-order chi connectivity index (χ0) is 17.1. The molecule has 124 valence electrons. The second kappa shape index (κ2) is 6.75. The molecular weight excluding hydrogens is 328 g/mol. The molecule has 8 nitrogen and oxygen atoms in total. The number of tetrazole rings is 1. The molecule has 0 aliphatic carbocycles. The molecule has 0 radical (unpaired) electrons. The highest BCUT2D eigenvalue weighted by atomic mass is 32.1. The van der Waals surface area contributed by atoms with E-state index in [0.717, 1.165) is 21.3 Å². The fraction of sp³-hybridized carbons (Fsp3) is 0.267. The molecule has 3 rings (SSSR count). The second-order valence-electron chi connectivity index (χ2n) is 5.11. The molecule has 1 amide bonds. The Kier molecular flexibility index (Phi) is 4.52. The predicted octanol–water partition coefficient (Wildman–Crippen LogP) is 1.93. The highest BCUT2D eigenvalue weighted by molar-refractivity contribution is 7.11. The van der Waals surface area contributed by atoms with E-state index in [0.29, 0.717) is 11.4 Å². The third-order valence-electron chi connectivity index (χ3n) is 3.39. The van der Waals surface area contributed by atoms with Gasteiger partial charge in [0.15, 0.2) is 0 Å². The zero-order valence-corrected chi connectivity index (χ0v) is 14.3.